The lowest BCUT2D eigenvalue weighted by Gasteiger charge is -2.34. The standard InChI is InChI=1S/C22H25N5OS/c23-19-18-2-1-10-25-22(18)29-20(19)21(28)24-11-9-14-3-7-17(8-4-14)27-12-15-5-6-16(13-27)26-15/h1-4,7-8,10,15-16,26H,5-6,9,11-13,23H2,(H,24,28). The van der Waals surface area contributed by atoms with Gasteiger partial charge in [-0.05, 0) is 49.1 Å². The lowest BCUT2D eigenvalue weighted by atomic mass is 10.1. The maximum Gasteiger partial charge on any atom is 0.263 e. The minimum Gasteiger partial charge on any atom is -0.397 e. The number of thiophene rings is 1. The number of nitrogen functional groups attached to an aromatic ring is 1. The zero-order valence-corrected chi connectivity index (χ0v) is 17.0. The third-order valence-electron chi connectivity index (χ3n) is 5.93. The molecule has 150 valence electrons. The molecule has 2 aliphatic rings. The molecule has 3 aromatic rings. The zero-order valence-electron chi connectivity index (χ0n) is 16.2. The van der Waals surface area contributed by atoms with Crippen molar-refractivity contribution >= 4 is 38.8 Å². The summed E-state index contributed by atoms with van der Waals surface area (Å²) in [6.45, 7) is 2.77. The number of pyridine rings is 1. The van der Waals surface area contributed by atoms with E-state index < -0.39 is 0 Å². The average Bonchev–Trinajstić information content (AvgIpc) is 3.27. The highest BCUT2D eigenvalue weighted by Gasteiger charge is 2.32. The molecule has 0 saturated carbocycles. The molecule has 2 atom stereocenters. The van der Waals surface area contributed by atoms with Crippen LogP contribution in [0.2, 0.25) is 0 Å². The molecule has 4 heterocycles. The monoisotopic (exact) mass is 407 g/mol. The van der Waals surface area contributed by atoms with Gasteiger partial charge in [0.2, 0.25) is 0 Å². The number of nitrogens with one attached hydrogen (secondary N) is 2. The van der Waals surface area contributed by atoms with E-state index in [0.717, 1.165) is 29.7 Å². The van der Waals surface area contributed by atoms with Gasteiger partial charge in [0.05, 0.1) is 5.69 Å². The van der Waals surface area contributed by atoms with Crippen molar-refractivity contribution in [3.63, 3.8) is 0 Å². The minimum absolute atomic E-state index is 0.126. The predicted molar refractivity (Wildman–Crippen MR) is 119 cm³/mol. The van der Waals surface area contributed by atoms with Crippen molar-refractivity contribution in [2.75, 3.05) is 30.3 Å². The Balaban J connectivity index is 1.17. The Kier molecular flexibility index (Phi) is 4.85. The van der Waals surface area contributed by atoms with Crippen molar-refractivity contribution in [3.8, 4) is 0 Å². The maximum atomic E-state index is 12.5. The van der Waals surface area contributed by atoms with E-state index in [0.29, 0.717) is 29.2 Å². The van der Waals surface area contributed by atoms with E-state index in [4.69, 9.17) is 5.73 Å². The van der Waals surface area contributed by atoms with Crippen molar-refractivity contribution in [2.45, 2.75) is 31.3 Å². The van der Waals surface area contributed by atoms with Crippen LogP contribution in [0.4, 0.5) is 11.4 Å². The second kappa shape index (κ2) is 7.65. The average molecular weight is 408 g/mol. The van der Waals surface area contributed by atoms with Gasteiger partial charge in [-0.1, -0.05) is 12.1 Å². The smallest absolute Gasteiger partial charge is 0.263 e. The lowest BCUT2D eigenvalue weighted by Crippen LogP contribution is -2.51. The van der Waals surface area contributed by atoms with E-state index in [1.165, 1.54) is 35.4 Å². The van der Waals surface area contributed by atoms with Gasteiger partial charge in [0.25, 0.3) is 5.91 Å². The van der Waals surface area contributed by atoms with Crippen LogP contribution >= 0.6 is 11.3 Å². The number of carbonyl (C=O) groups excluding carboxylic acids is 1. The highest BCUT2D eigenvalue weighted by atomic mass is 32.1. The first kappa shape index (κ1) is 18.4. The van der Waals surface area contributed by atoms with Crippen molar-refractivity contribution in [3.05, 3.63) is 53.0 Å². The molecule has 6 nitrogen and oxygen atoms in total. The summed E-state index contributed by atoms with van der Waals surface area (Å²) in [5.41, 5.74) is 9.17. The summed E-state index contributed by atoms with van der Waals surface area (Å²) < 4.78 is 0. The molecule has 2 fully saturated rings. The van der Waals surface area contributed by atoms with Gasteiger partial charge in [0, 0.05) is 49.0 Å². The predicted octanol–water partition coefficient (Wildman–Crippen LogP) is 2.79. The highest BCUT2D eigenvalue weighted by molar-refractivity contribution is 7.21. The Morgan fingerprint density at radius 1 is 1.21 bits per heavy atom. The second-order valence-electron chi connectivity index (χ2n) is 7.92. The second-order valence-corrected chi connectivity index (χ2v) is 8.92. The largest absolute Gasteiger partial charge is 0.397 e. The molecule has 29 heavy (non-hydrogen) atoms. The fourth-order valence-corrected chi connectivity index (χ4v) is 5.38. The third kappa shape index (κ3) is 3.68. The van der Waals surface area contributed by atoms with Gasteiger partial charge in [-0.2, -0.15) is 0 Å². The van der Waals surface area contributed by atoms with Crippen LogP contribution in [0.3, 0.4) is 0 Å². The maximum absolute atomic E-state index is 12.5. The molecule has 0 aliphatic carbocycles. The van der Waals surface area contributed by atoms with Gasteiger partial charge in [-0.3, -0.25) is 4.79 Å². The number of hydrogen-bond acceptors (Lipinski definition) is 6. The Morgan fingerprint density at radius 3 is 2.69 bits per heavy atom. The molecule has 2 aliphatic heterocycles. The first-order valence-electron chi connectivity index (χ1n) is 10.2. The van der Waals surface area contributed by atoms with Crippen molar-refractivity contribution in [1.29, 1.82) is 0 Å². The van der Waals surface area contributed by atoms with Crippen LogP contribution in [0.25, 0.3) is 10.2 Å². The number of rotatable bonds is 5. The number of nitrogens with zero attached hydrogens (tertiary/aromatic N) is 2. The molecular formula is C22H25N5OS. The summed E-state index contributed by atoms with van der Waals surface area (Å²) in [6.07, 6.45) is 5.09. The van der Waals surface area contributed by atoms with Gasteiger partial charge < -0.3 is 21.3 Å². The van der Waals surface area contributed by atoms with Gasteiger partial charge in [-0.15, -0.1) is 11.3 Å². The number of hydrogen-bond donors (Lipinski definition) is 3. The van der Waals surface area contributed by atoms with E-state index in [-0.39, 0.29) is 5.91 Å². The topological polar surface area (TPSA) is 83.3 Å². The number of aromatic nitrogens is 1. The van der Waals surface area contributed by atoms with Gasteiger partial charge in [0.1, 0.15) is 9.71 Å². The number of fused-ring (bicyclic) bond motifs is 3. The fraction of sp³-hybridized carbons (Fsp3) is 0.364. The molecule has 4 N–H and O–H groups in total. The SMILES string of the molecule is Nc1c(C(=O)NCCc2ccc(N3CC4CCC(C3)N4)cc2)sc2ncccc12. The van der Waals surface area contributed by atoms with Crippen LogP contribution in [0, 0.1) is 0 Å². The van der Waals surface area contributed by atoms with Crippen LogP contribution in [-0.4, -0.2) is 42.6 Å². The van der Waals surface area contributed by atoms with Crippen LogP contribution in [-0.2, 0) is 6.42 Å². The number of benzene rings is 1. The lowest BCUT2D eigenvalue weighted by molar-refractivity contribution is 0.0959. The quantitative estimate of drug-likeness (QED) is 0.606. The molecule has 7 heteroatoms. The minimum atomic E-state index is -0.126. The number of piperazine rings is 1. The van der Waals surface area contributed by atoms with Crippen LogP contribution in [0.15, 0.2) is 42.6 Å². The molecule has 1 amide bonds. The normalized spacial score (nSPS) is 20.9. The number of carbonyl (C=O) groups is 1. The Hall–Kier alpha value is -2.64. The number of anilines is 2. The molecule has 2 bridgehead atoms. The summed E-state index contributed by atoms with van der Waals surface area (Å²) in [5, 5.41) is 7.51. The molecule has 0 radical (unpaired) electrons. The van der Waals surface area contributed by atoms with E-state index in [1.54, 1.807) is 6.20 Å². The van der Waals surface area contributed by atoms with E-state index in [1.807, 2.05) is 12.1 Å². The summed E-state index contributed by atoms with van der Waals surface area (Å²) in [5.74, 6) is -0.126. The summed E-state index contributed by atoms with van der Waals surface area (Å²) in [7, 11) is 0. The first-order chi connectivity index (χ1) is 14.2. The molecule has 5 rings (SSSR count). The van der Waals surface area contributed by atoms with E-state index in [2.05, 4.69) is 44.8 Å². The molecular weight excluding hydrogens is 382 g/mol. The van der Waals surface area contributed by atoms with Crippen molar-refractivity contribution in [1.82, 2.24) is 15.6 Å². The number of nitrogens with two attached hydrogens (primary N) is 1. The third-order valence-corrected chi connectivity index (χ3v) is 7.06. The summed E-state index contributed by atoms with van der Waals surface area (Å²) >= 11 is 1.34. The first-order valence-corrected chi connectivity index (χ1v) is 11.0. The van der Waals surface area contributed by atoms with Crippen molar-refractivity contribution < 1.29 is 4.79 Å². The van der Waals surface area contributed by atoms with Gasteiger partial charge in [-0.25, -0.2) is 4.98 Å². The number of amides is 1. The summed E-state index contributed by atoms with van der Waals surface area (Å²) in [4.78, 5) is 20.6. The fourth-order valence-electron chi connectivity index (χ4n) is 4.40. The van der Waals surface area contributed by atoms with E-state index in [9.17, 15) is 4.79 Å². The summed E-state index contributed by atoms with van der Waals surface area (Å²) in [6, 6.07) is 13.8. The molecule has 2 saturated heterocycles. The Labute approximate surface area is 174 Å². The van der Waals surface area contributed by atoms with E-state index >= 15 is 0 Å². The van der Waals surface area contributed by atoms with Gasteiger partial charge >= 0.3 is 0 Å². The molecule has 2 unspecified atom stereocenters. The molecule has 1 aromatic carbocycles. The van der Waals surface area contributed by atoms with Crippen LogP contribution in [0.1, 0.15) is 28.1 Å². The Bertz CT molecular complexity index is 1020. The highest BCUT2D eigenvalue weighted by Crippen LogP contribution is 2.31. The Morgan fingerprint density at radius 2 is 1.97 bits per heavy atom. The van der Waals surface area contributed by atoms with Crippen LogP contribution < -0.4 is 21.3 Å². The molecule has 0 spiro atoms. The van der Waals surface area contributed by atoms with Gasteiger partial charge in [0.15, 0.2) is 0 Å². The zero-order chi connectivity index (χ0) is 19.8. The molecule has 2 aromatic heterocycles. The van der Waals surface area contributed by atoms with Crippen molar-refractivity contribution in [2.24, 2.45) is 0 Å². The van der Waals surface area contributed by atoms with Crippen LogP contribution in [0.5, 0.6) is 0 Å².